The van der Waals surface area contributed by atoms with Gasteiger partial charge in [0.15, 0.2) is 0 Å². The van der Waals surface area contributed by atoms with E-state index in [1.807, 2.05) is 0 Å². The van der Waals surface area contributed by atoms with Crippen molar-refractivity contribution in [2.45, 2.75) is 34.6 Å². The monoisotopic (exact) mass is 249 g/mol. The highest BCUT2D eigenvalue weighted by Gasteiger charge is 1.95. The lowest BCUT2D eigenvalue weighted by Crippen LogP contribution is -2.21. The smallest absolute Gasteiger partial charge is 0.431 e. The zero-order valence-electron chi connectivity index (χ0n) is 10.9. The molecule has 0 fully saturated rings. The fourth-order valence-electron chi connectivity index (χ4n) is 0.866. The molecule has 0 aliphatic heterocycles. The van der Waals surface area contributed by atoms with Crippen LogP contribution in [0.25, 0.3) is 0 Å². The van der Waals surface area contributed by atoms with Crippen molar-refractivity contribution in [3.05, 3.63) is 0 Å². The molecule has 0 amide bonds. The molecule has 0 radical (unpaired) electrons. The number of hydrogen-bond acceptors (Lipinski definition) is 5. The summed E-state index contributed by atoms with van der Waals surface area (Å²) in [5.41, 5.74) is 0. The second kappa shape index (κ2) is 12.2. The van der Waals surface area contributed by atoms with Gasteiger partial charge in [0.2, 0.25) is 0 Å². The van der Waals surface area contributed by atoms with Crippen LogP contribution in [-0.4, -0.2) is 46.5 Å². The van der Waals surface area contributed by atoms with Crippen molar-refractivity contribution in [1.82, 2.24) is 4.90 Å². The van der Waals surface area contributed by atoms with Gasteiger partial charge in [-0.3, -0.25) is 9.59 Å². The number of rotatable bonds is 5. The summed E-state index contributed by atoms with van der Waals surface area (Å²) in [5.74, 6) is -0.800. The first-order valence-corrected chi connectivity index (χ1v) is 6.62. The summed E-state index contributed by atoms with van der Waals surface area (Å²) < 4.78 is 8.82. The summed E-state index contributed by atoms with van der Waals surface area (Å²) in [7, 11) is -1.38. The fourth-order valence-corrected chi connectivity index (χ4v) is 1.26. The van der Waals surface area contributed by atoms with E-state index in [4.69, 9.17) is 0 Å². The minimum absolute atomic E-state index is 0.400. The number of carbonyl (C=O) groups excluding carboxylic acids is 2. The van der Waals surface area contributed by atoms with Crippen molar-refractivity contribution in [1.29, 1.82) is 0 Å². The minimum Gasteiger partial charge on any atom is -0.490 e. The van der Waals surface area contributed by atoms with Crippen LogP contribution in [0, 0.1) is 0 Å². The lowest BCUT2D eigenvalue weighted by molar-refractivity contribution is -0.136. The van der Waals surface area contributed by atoms with E-state index < -0.39 is 21.9 Å². The molecule has 0 rings (SSSR count). The molecule has 0 N–H and O–H groups in total. The summed E-state index contributed by atoms with van der Waals surface area (Å²) in [6.45, 7) is 12.7. The van der Waals surface area contributed by atoms with Gasteiger partial charge in [-0.05, 0) is 19.6 Å². The van der Waals surface area contributed by atoms with E-state index in [1.165, 1.54) is 33.5 Å². The van der Waals surface area contributed by atoms with Crippen LogP contribution in [0.4, 0.5) is 0 Å². The highest BCUT2D eigenvalue weighted by atomic mass is 28.3. The maximum atomic E-state index is 10.0. The van der Waals surface area contributed by atoms with Crippen LogP contribution in [0.5, 0.6) is 0 Å². The van der Waals surface area contributed by atoms with E-state index in [9.17, 15) is 9.59 Å². The molecule has 0 saturated carbocycles. The normalized spacial score (nSPS) is 9.12. The van der Waals surface area contributed by atoms with Crippen molar-refractivity contribution in [2.24, 2.45) is 0 Å². The van der Waals surface area contributed by atoms with Crippen molar-refractivity contribution >= 4 is 21.9 Å². The van der Waals surface area contributed by atoms with E-state index in [1.54, 1.807) is 0 Å². The lowest BCUT2D eigenvalue weighted by atomic mass is 10.5. The molecule has 16 heavy (non-hydrogen) atoms. The van der Waals surface area contributed by atoms with Crippen molar-refractivity contribution in [3.8, 4) is 0 Å². The predicted octanol–water partition coefficient (Wildman–Crippen LogP) is 0.460. The molecule has 0 aromatic carbocycles. The molecule has 0 atom stereocenters. The summed E-state index contributed by atoms with van der Waals surface area (Å²) in [4.78, 5) is 22.5. The summed E-state index contributed by atoms with van der Waals surface area (Å²) >= 11 is 0. The summed E-state index contributed by atoms with van der Waals surface area (Å²) in [5, 5.41) is 0. The second-order valence-electron chi connectivity index (χ2n) is 3.01. The molecule has 0 heterocycles. The van der Waals surface area contributed by atoms with Gasteiger partial charge < -0.3 is 13.8 Å². The highest BCUT2D eigenvalue weighted by Crippen LogP contribution is 1.81. The van der Waals surface area contributed by atoms with Gasteiger partial charge in [0.25, 0.3) is 11.9 Å². The third kappa shape index (κ3) is 15.6. The zero-order valence-corrected chi connectivity index (χ0v) is 12.3. The maximum Gasteiger partial charge on any atom is 0.431 e. The third-order valence-corrected chi connectivity index (χ3v) is 2.91. The van der Waals surface area contributed by atoms with Crippen LogP contribution in [-0.2, 0) is 18.4 Å². The predicted molar refractivity (Wildman–Crippen MR) is 65.5 cm³/mol. The van der Waals surface area contributed by atoms with E-state index in [-0.39, 0.29) is 0 Å². The Kier molecular flexibility index (Phi) is 13.3. The van der Waals surface area contributed by atoms with Gasteiger partial charge >= 0.3 is 10.0 Å². The molecular formula is C10H23NO4Si. The van der Waals surface area contributed by atoms with Crippen LogP contribution in [0.15, 0.2) is 0 Å². The van der Waals surface area contributed by atoms with Crippen LogP contribution in [0.2, 0.25) is 0 Å². The van der Waals surface area contributed by atoms with Crippen LogP contribution >= 0.6 is 0 Å². The van der Waals surface area contributed by atoms with Gasteiger partial charge in [-0.15, -0.1) is 0 Å². The van der Waals surface area contributed by atoms with Gasteiger partial charge in [0.1, 0.15) is 0 Å². The summed E-state index contributed by atoms with van der Waals surface area (Å²) in [6.07, 6.45) is 0. The SMILES string of the molecule is CC(=O)O[SiH2]OC(C)=O.CCN(CC)CC. The molecule has 0 aliphatic rings. The van der Waals surface area contributed by atoms with E-state index >= 15 is 0 Å². The standard InChI is InChI=1S/C6H15N.C4H8O4Si/c1-4-7(5-2)6-3;1-3(5)7-9-8-4(2)6/h4-6H2,1-3H3;9H2,1-2H3. The topological polar surface area (TPSA) is 55.8 Å². The average molecular weight is 249 g/mol. The quantitative estimate of drug-likeness (QED) is 0.663. The zero-order chi connectivity index (χ0) is 13.0. The lowest BCUT2D eigenvalue weighted by Gasteiger charge is -2.13. The molecule has 0 aliphatic carbocycles. The van der Waals surface area contributed by atoms with Crippen molar-refractivity contribution in [3.63, 3.8) is 0 Å². The van der Waals surface area contributed by atoms with Crippen LogP contribution < -0.4 is 0 Å². The third-order valence-electron chi connectivity index (χ3n) is 1.87. The minimum atomic E-state index is -1.38. The Hall–Kier alpha value is -0.883. The molecule has 5 nitrogen and oxygen atoms in total. The molecule has 0 bridgehead atoms. The Bertz CT molecular complexity index is 176. The average Bonchev–Trinajstić information content (AvgIpc) is 2.20. The largest absolute Gasteiger partial charge is 0.490 e. The Labute approximate surface area is 100 Å². The molecular weight excluding hydrogens is 226 g/mol. The van der Waals surface area contributed by atoms with E-state index in [2.05, 4.69) is 34.5 Å². The molecule has 0 aromatic heterocycles. The second-order valence-corrected chi connectivity index (χ2v) is 3.82. The fraction of sp³-hybridized carbons (Fsp3) is 0.800. The number of carbonyl (C=O) groups is 2. The highest BCUT2D eigenvalue weighted by molar-refractivity contribution is 6.25. The first-order chi connectivity index (χ1) is 7.47. The van der Waals surface area contributed by atoms with Gasteiger partial charge in [-0.25, -0.2) is 0 Å². The number of nitrogens with zero attached hydrogens (tertiary/aromatic N) is 1. The van der Waals surface area contributed by atoms with E-state index in [0.29, 0.717) is 0 Å². The van der Waals surface area contributed by atoms with Crippen molar-refractivity contribution in [2.75, 3.05) is 19.6 Å². The molecule has 0 saturated heterocycles. The van der Waals surface area contributed by atoms with Gasteiger partial charge in [0.05, 0.1) is 0 Å². The van der Waals surface area contributed by atoms with Gasteiger partial charge in [0, 0.05) is 13.8 Å². The van der Waals surface area contributed by atoms with Gasteiger partial charge in [-0.2, -0.15) is 0 Å². The molecule has 0 aromatic rings. The molecule has 6 heteroatoms. The Morgan fingerprint density at radius 1 is 0.938 bits per heavy atom. The van der Waals surface area contributed by atoms with Crippen molar-refractivity contribution < 1.29 is 18.4 Å². The molecule has 0 spiro atoms. The Morgan fingerprint density at radius 3 is 1.38 bits per heavy atom. The van der Waals surface area contributed by atoms with Crippen LogP contribution in [0.1, 0.15) is 34.6 Å². The Morgan fingerprint density at radius 2 is 1.25 bits per heavy atom. The maximum absolute atomic E-state index is 10.0. The first kappa shape index (κ1) is 17.5. The number of hydrogen-bond donors (Lipinski definition) is 0. The Balaban J connectivity index is 0. The van der Waals surface area contributed by atoms with Crippen LogP contribution in [0.3, 0.4) is 0 Å². The van der Waals surface area contributed by atoms with E-state index in [0.717, 1.165) is 0 Å². The molecule has 96 valence electrons. The summed E-state index contributed by atoms with van der Waals surface area (Å²) in [6, 6.07) is 0. The van der Waals surface area contributed by atoms with Gasteiger partial charge in [-0.1, -0.05) is 20.8 Å². The molecule has 0 unspecified atom stereocenters. The first-order valence-electron chi connectivity index (χ1n) is 5.46.